The van der Waals surface area contributed by atoms with Crippen molar-refractivity contribution in [3.05, 3.63) is 0 Å². The van der Waals surface area contributed by atoms with Crippen LogP contribution in [0.15, 0.2) is 0 Å². The van der Waals surface area contributed by atoms with Crippen molar-refractivity contribution in [1.82, 2.24) is 10.2 Å². The lowest BCUT2D eigenvalue weighted by atomic mass is 10.0. The van der Waals surface area contributed by atoms with E-state index in [1.165, 1.54) is 19.3 Å². The fraction of sp³-hybridized carbons (Fsp3) is 0.929. The van der Waals surface area contributed by atoms with Gasteiger partial charge in [0.1, 0.15) is 0 Å². The molecule has 1 atom stereocenters. The first kappa shape index (κ1) is 13.8. The third-order valence-corrected chi connectivity index (χ3v) is 4.11. The van der Waals surface area contributed by atoms with Gasteiger partial charge in [-0.25, -0.2) is 0 Å². The first-order chi connectivity index (χ1) is 8.75. The predicted molar refractivity (Wildman–Crippen MR) is 71.5 cm³/mol. The van der Waals surface area contributed by atoms with Gasteiger partial charge >= 0.3 is 0 Å². The molecule has 18 heavy (non-hydrogen) atoms. The fourth-order valence-corrected chi connectivity index (χ4v) is 2.88. The molecule has 4 heteroatoms. The zero-order valence-electron chi connectivity index (χ0n) is 11.5. The predicted octanol–water partition coefficient (Wildman–Crippen LogP) is 1.55. The Balaban J connectivity index is 1.56. The number of amides is 1. The van der Waals surface area contributed by atoms with Crippen molar-refractivity contribution >= 4 is 5.91 Å². The summed E-state index contributed by atoms with van der Waals surface area (Å²) in [6.45, 7) is 5.48. The molecule has 1 amide bonds. The summed E-state index contributed by atoms with van der Waals surface area (Å²) in [5, 5.41) is 3.61. The smallest absolute Gasteiger partial charge is 0.219 e. The van der Waals surface area contributed by atoms with Gasteiger partial charge in [-0.3, -0.25) is 4.79 Å². The maximum absolute atomic E-state index is 11.2. The van der Waals surface area contributed by atoms with Crippen LogP contribution in [0.1, 0.15) is 45.4 Å². The molecule has 0 aromatic rings. The fourth-order valence-electron chi connectivity index (χ4n) is 2.88. The Kier molecular flexibility index (Phi) is 5.45. The van der Waals surface area contributed by atoms with Gasteiger partial charge in [0.05, 0.1) is 6.10 Å². The van der Waals surface area contributed by atoms with Crippen molar-refractivity contribution in [1.29, 1.82) is 0 Å². The minimum atomic E-state index is 0.212. The second-order valence-corrected chi connectivity index (χ2v) is 5.51. The topological polar surface area (TPSA) is 41.6 Å². The molecular formula is C14H26N2O2. The summed E-state index contributed by atoms with van der Waals surface area (Å²) in [6, 6.07) is 0.587. The monoisotopic (exact) mass is 254 g/mol. The quantitative estimate of drug-likeness (QED) is 0.827. The van der Waals surface area contributed by atoms with Crippen molar-refractivity contribution in [2.45, 2.75) is 57.6 Å². The average Bonchev–Trinajstić information content (AvgIpc) is 2.40. The minimum absolute atomic E-state index is 0.212. The molecule has 2 saturated heterocycles. The van der Waals surface area contributed by atoms with Gasteiger partial charge < -0.3 is 15.0 Å². The molecule has 2 aliphatic rings. The molecule has 2 aliphatic heterocycles. The SMILES string of the molecule is CC(=O)N1CCC(NCCC2CCCCO2)CC1. The summed E-state index contributed by atoms with van der Waals surface area (Å²) < 4.78 is 5.72. The lowest BCUT2D eigenvalue weighted by molar-refractivity contribution is -0.129. The maximum Gasteiger partial charge on any atom is 0.219 e. The van der Waals surface area contributed by atoms with Crippen LogP contribution < -0.4 is 5.32 Å². The Morgan fingerprint density at radius 1 is 1.28 bits per heavy atom. The lowest BCUT2D eigenvalue weighted by Crippen LogP contribution is -2.44. The molecule has 1 N–H and O–H groups in total. The second-order valence-electron chi connectivity index (χ2n) is 5.51. The molecule has 1 unspecified atom stereocenters. The summed E-state index contributed by atoms with van der Waals surface area (Å²) in [5.41, 5.74) is 0. The van der Waals surface area contributed by atoms with Crippen LogP contribution in [0.4, 0.5) is 0 Å². The molecular weight excluding hydrogens is 228 g/mol. The molecule has 0 bridgehead atoms. The number of ether oxygens (including phenoxy) is 1. The molecule has 2 fully saturated rings. The normalized spacial score (nSPS) is 26.3. The van der Waals surface area contributed by atoms with Crippen molar-refractivity contribution in [3.8, 4) is 0 Å². The molecule has 0 spiro atoms. The van der Waals surface area contributed by atoms with Gasteiger partial charge in [0, 0.05) is 32.7 Å². The summed E-state index contributed by atoms with van der Waals surface area (Å²) in [5.74, 6) is 0.212. The van der Waals surface area contributed by atoms with Gasteiger partial charge in [0.2, 0.25) is 5.91 Å². The van der Waals surface area contributed by atoms with Crippen LogP contribution in [0, 0.1) is 0 Å². The maximum atomic E-state index is 11.2. The molecule has 2 rings (SSSR count). The minimum Gasteiger partial charge on any atom is -0.378 e. The van der Waals surface area contributed by atoms with E-state index in [0.29, 0.717) is 12.1 Å². The molecule has 0 radical (unpaired) electrons. The molecule has 2 heterocycles. The Morgan fingerprint density at radius 2 is 2.06 bits per heavy atom. The third kappa shape index (κ3) is 4.25. The summed E-state index contributed by atoms with van der Waals surface area (Å²) in [6.07, 6.45) is 7.56. The number of rotatable bonds is 4. The van der Waals surface area contributed by atoms with Gasteiger partial charge in [-0.1, -0.05) is 0 Å². The number of likely N-dealkylation sites (tertiary alicyclic amines) is 1. The van der Waals surface area contributed by atoms with Gasteiger partial charge in [-0.05, 0) is 45.1 Å². The Bertz CT molecular complexity index is 257. The number of carbonyl (C=O) groups excluding carboxylic acids is 1. The molecule has 0 aromatic carbocycles. The van der Waals surface area contributed by atoms with E-state index < -0.39 is 0 Å². The summed E-state index contributed by atoms with van der Waals surface area (Å²) in [4.78, 5) is 13.2. The largest absolute Gasteiger partial charge is 0.378 e. The first-order valence-electron chi connectivity index (χ1n) is 7.36. The van der Waals surface area contributed by atoms with E-state index >= 15 is 0 Å². The van der Waals surface area contributed by atoms with E-state index in [1.807, 2.05) is 4.90 Å². The third-order valence-electron chi connectivity index (χ3n) is 4.11. The number of hydrogen-bond acceptors (Lipinski definition) is 3. The van der Waals surface area contributed by atoms with Gasteiger partial charge in [0.25, 0.3) is 0 Å². The van der Waals surface area contributed by atoms with E-state index in [2.05, 4.69) is 5.32 Å². The molecule has 104 valence electrons. The van der Waals surface area contributed by atoms with Crippen LogP contribution in [0.5, 0.6) is 0 Å². The van der Waals surface area contributed by atoms with Crippen LogP contribution in [0.25, 0.3) is 0 Å². The Morgan fingerprint density at radius 3 is 2.67 bits per heavy atom. The highest BCUT2D eigenvalue weighted by molar-refractivity contribution is 5.73. The van der Waals surface area contributed by atoms with Gasteiger partial charge in [-0.15, -0.1) is 0 Å². The Labute approximate surface area is 110 Å². The van der Waals surface area contributed by atoms with E-state index in [0.717, 1.165) is 45.5 Å². The van der Waals surface area contributed by atoms with Crippen LogP contribution in [-0.4, -0.2) is 49.2 Å². The zero-order chi connectivity index (χ0) is 12.8. The second kappa shape index (κ2) is 7.10. The van der Waals surface area contributed by atoms with Crippen molar-refractivity contribution in [2.24, 2.45) is 0 Å². The van der Waals surface area contributed by atoms with Crippen LogP contribution >= 0.6 is 0 Å². The number of nitrogens with zero attached hydrogens (tertiary/aromatic N) is 1. The number of hydrogen-bond donors (Lipinski definition) is 1. The Hall–Kier alpha value is -0.610. The van der Waals surface area contributed by atoms with E-state index in [1.54, 1.807) is 6.92 Å². The highest BCUT2D eigenvalue weighted by Crippen LogP contribution is 2.15. The van der Waals surface area contributed by atoms with Crippen molar-refractivity contribution < 1.29 is 9.53 Å². The molecule has 0 saturated carbocycles. The average molecular weight is 254 g/mol. The number of piperidine rings is 1. The van der Waals surface area contributed by atoms with E-state index in [9.17, 15) is 4.79 Å². The van der Waals surface area contributed by atoms with Crippen LogP contribution in [0.3, 0.4) is 0 Å². The molecule has 4 nitrogen and oxygen atoms in total. The highest BCUT2D eigenvalue weighted by atomic mass is 16.5. The van der Waals surface area contributed by atoms with Gasteiger partial charge in [-0.2, -0.15) is 0 Å². The van der Waals surface area contributed by atoms with Crippen LogP contribution in [0.2, 0.25) is 0 Å². The summed E-state index contributed by atoms with van der Waals surface area (Å²) in [7, 11) is 0. The van der Waals surface area contributed by atoms with Crippen molar-refractivity contribution in [2.75, 3.05) is 26.2 Å². The summed E-state index contributed by atoms with van der Waals surface area (Å²) >= 11 is 0. The standard InChI is InChI=1S/C14H26N2O2/c1-12(17)16-9-6-13(7-10-16)15-8-5-14-4-2-3-11-18-14/h13-15H,2-11H2,1H3. The molecule has 0 aromatic heterocycles. The first-order valence-corrected chi connectivity index (χ1v) is 7.36. The number of carbonyl (C=O) groups is 1. The lowest BCUT2D eigenvalue weighted by Gasteiger charge is -2.32. The van der Waals surface area contributed by atoms with Gasteiger partial charge in [0.15, 0.2) is 0 Å². The number of nitrogens with one attached hydrogen (secondary N) is 1. The van der Waals surface area contributed by atoms with E-state index in [4.69, 9.17) is 4.74 Å². The van der Waals surface area contributed by atoms with Crippen molar-refractivity contribution in [3.63, 3.8) is 0 Å². The molecule has 0 aliphatic carbocycles. The highest BCUT2D eigenvalue weighted by Gasteiger charge is 2.20. The van der Waals surface area contributed by atoms with Crippen LogP contribution in [-0.2, 0) is 9.53 Å². The zero-order valence-corrected chi connectivity index (χ0v) is 11.5. The van der Waals surface area contributed by atoms with E-state index in [-0.39, 0.29) is 5.91 Å².